The van der Waals surface area contributed by atoms with Gasteiger partial charge in [0.05, 0.1) is 24.3 Å². The minimum atomic E-state index is -0.248. The van der Waals surface area contributed by atoms with Crippen LogP contribution in [0.25, 0.3) is 0 Å². The topological polar surface area (TPSA) is 67.9 Å². The first-order valence-corrected chi connectivity index (χ1v) is 15.6. The number of nitrogens with one attached hydrogen (secondary N) is 1. The summed E-state index contributed by atoms with van der Waals surface area (Å²) >= 11 is 0. The Hall–Kier alpha value is -2.32. The van der Waals surface area contributed by atoms with E-state index in [0.717, 1.165) is 48.6 Å². The Morgan fingerprint density at radius 1 is 0.676 bits per heavy atom. The van der Waals surface area contributed by atoms with Crippen LogP contribution in [0.5, 0.6) is 0 Å². The molecular formula is C29H42N2O4S2. The van der Waals surface area contributed by atoms with Gasteiger partial charge in [-0.15, -0.1) is 0 Å². The Morgan fingerprint density at radius 2 is 1.11 bits per heavy atom. The Bertz CT molecular complexity index is 905. The van der Waals surface area contributed by atoms with Crippen LogP contribution in [0.3, 0.4) is 0 Å². The van der Waals surface area contributed by atoms with E-state index in [0.29, 0.717) is 24.3 Å². The summed E-state index contributed by atoms with van der Waals surface area (Å²) in [7, 11) is 9.70. The molecule has 0 aromatic heterocycles. The maximum Gasteiger partial charge on any atom is 0.338 e. The molecule has 0 fully saturated rings. The number of hydrogen-bond donors (Lipinski definition) is 1. The Labute approximate surface area is 230 Å². The second kappa shape index (κ2) is 18.9. The minimum Gasteiger partial charge on any atom is -0.462 e. The number of ether oxygens (including phenoxy) is 2. The first-order valence-electron chi connectivity index (χ1n) is 13.1. The molecule has 0 atom stereocenters. The lowest BCUT2D eigenvalue weighted by molar-refractivity contribution is 0.0488. The van der Waals surface area contributed by atoms with Crippen LogP contribution >= 0.6 is 21.6 Å². The van der Waals surface area contributed by atoms with Gasteiger partial charge in [0.25, 0.3) is 0 Å². The molecule has 0 radical (unpaired) electrons. The molecule has 0 amide bonds. The van der Waals surface area contributed by atoms with E-state index in [4.69, 9.17) is 9.47 Å². The van der Waals surface area contributed by atoms with E-state index in [-0.39, 0.29) is 11.9 Å². The lowest BCUT2D eigenvalue weighted by atomic mass is 10.2. The van der Waals surface area contributed by atoms with Crippen LogP contribution in [-0.2, 0) is 9.47 Å². The number of esters is 2. The number of anilines is 2. The van der Waals surface area contributed by atoms with E-state index in [1.807, 2.05) is 84.0 Å². The summed E-state index contributed by atoms with van der Waals surface area (Å²) in [6.07, 6.45) is 8.73. The van der Waals surface area contributed by atoms with Crippen molar-refractivity contribution in [3.05, 3.63) is 59.7 Å². The van der Waals surface area contributed by atoms with Crippen LogP contribution < -0.4 is 10.2 Å². The van der Waals surface area contributed by atoms with Crippen LogP contribution in [0.2, 0.25) is 0 Å². The maximum absolute atomic E-state index is 12.1. The van der Waals surface area contributed by atoms with Crippen molar-refractivity contribution in [3.8, 4) is 0 Å². The summed E-state index contributed by atoms with van der Waals surface area (Å²) < 4.78 is 10.7. The molecule has 0 aliphatic carbocycles. The van der Waals surface area contributed by atoms with Crippen LogP contribution in [0, 0.1) is 0 Å². The number of rotatable bonds is 19. The van der Waals surface area contributed by atoms with Crippen molar-refractivity contribution < 1.29 is 19.1 Å². The molecule has 8 heteroatoms. The quantitative estimate of drug-likeness (QED) is 0.112. The first-order chi connectivity index (χ1) is 18.0. The van der Waals surface area contributed by atoms with Crippen molar-refractivity contribution in [2.24, 2.45) is 0 Å². The monoisotopic (exact) mass is 546 g/mol. The molecule has 2 aromatic rings. The fraction of sp³-hybridized carbons (Fsp3) is 0.517. The van der Waals surface area contributed by atoms with Gasteiger partial charge < -0.3 is 19.7 Å². The second-order valence-electron chi connectivity index (χ2n) is 9.01. The van der Waals surface area contributed by atoms with E-state index in [1.54, 1.807) is 12.1 Å². The summed E-state index contributed by atoms with van der Waals surface area (Å²) in [5.41, 5.74) is 3.24. The van der Waals surface area contributed by atoms with Gasteiger partial charge in [-0.05, 0) is 74.2 Å². The minimum absolute atomic E-state index is 0.242. The van der Waals surface area contributed by atoms with E-state index in [2.05, 4.69) is 5.32 Å². The van der Waals surface area contributed by atoms with Crippen molar-refractivity contribution >= 4 is 44.9 Å². The maximum atomic E-state index is 12.1. The number of hydrogen-bond acceptors (Lipinski definition) is 8. The van der Waals surface area contributed by atoms with Crippen molar-refractivity contribution in [2.45, 2.75) is 51.4 Å². The highest BCUT2D eigenvalue weighted by molar-refractivity contribution is 8.76. The summed E-state index contributed by atoms with van der Waals surface area (Å²) in [6.45, 7) is 0.969. The highest BCUT2D eigenvalue weighted by Gasteiger charge is 2.08. The third kappa shape index (κ3) is 13.2. The Kier molecular flexibility index (Phi) is 15.7. The zero-order chi connectivity index (χ0) is 26.7. The van der Waals surface area contributed by atoms with Gasteiger partial charge in [0.1, 0.15) is 0 Å². The number of benzene rings is 2. The van der Waals surface area contributed by atoms with Gasteiger partial charge in [-0.2, -0.15) is 0 Å². The first kappa shape index (κ1) is 30.9. The molecule has 0 aliphatic rings. The van der Waals surface area contributed by atoms with Crippen molar-refractivity contribution in [1.29, 1.82) is 0 Å². The highest BCUT2D eigenvalue weighted by atomic mass is 33.1. The molecule has 6 nitrogen and oxygen atoms in total. The van der Waals surface area contributed by atoms with Gasteiger partial charge >= 0.3 is 11.9 Å². The van der Waals surface area contributed by atoms with Crippen LogP contribution in [0.4, 0.5) is 11.4 Å². The third-order valence-corrected chi connectivity index (χ3v) is 8.40. The average Bonchev–Trinajstić information content (AvgIpc) is 2.92. The standard InChI is InChI=1S/C29H42N2O4S2/c1-30-26-16-12-24(13-17-26)28(32)34-20-8-4-6-10-22-36-37-23-11-7-5-9-21-35-29(33)25-14-18-27(19-15-25)31(2)3/h12-19,30H,4-11,20-23H2,1-3H3. The zero-order valence-corrected chi connectivity index (χ0v) is 24.1. The number of carbonyl (C=O) groups is 2. The normalized spacial score (nSPS) is 10.7. The second-order valence-corrected chi connectivity index (χ2v) is 11.7. The summed E-state index contributed by atoms with van der Waals surface area (Å²) in [4.78, 5) is 26.1. The van der Waals surface area contributed by atoms with Gasteiger partial charge in [-0.1, -0.05) is 47.3 Å². The van der Waals surface area contributed by atoms with Crippen LogP contribution in [-0.4, -0.2) is 57.8 Å². The average molecular weight is 547 g/mol. The number of carbonyl (C=O) groups excluding carboxylic acids is 2. The molecular weight excluding hydrogens is 504 g/mol. The van der Waals surface area contributed by atoms with Crippen molar-refractivity contribution in [3.63, 3.8) is 0 Å². The number of unbranched alkanes of at least 4 members (excludes halogenated alkanes) is 6. The summed E-state index contributed by atoms with van der Waals surface area (Å²) in [5.74, 6) is 1.83. The highest BCUT2D eigenvalue weighted by Crippen LogP contribution is 2.24. The molecule has 0 bridgehead atoms. The lowest BCUT2D eigenvalue weighted by Crippen LogP contribution is -2.10. The molecule has 2 aromatic carbocycles. The molecule has 204 valence electrons. The van der Waals surface area contributed by atoms with Crippen LogP contribution in [0.1, 0.15) is 72.1 Å². The SMILES string of the molecule is CNc1ccc(C(=O)OCCCCCCSSCCCCCCOC(=O)c2ccc(N(C)C)cc2)cc1. The van der Waals surface area contributed by atoms with Gasteiger partial charge in [-0.25, -0.2) is 9.59 Å². The lowest BCUT2D eigenvalue weighted by Gasteiger charge is -2.12. The summed E-state index contributed by atoms with van der Waals surface area (Å²) in [6, 6.07) is 14.8. The Morgan fingerprint density at radius 3 is 1.54 bits per heavy atom. The molecule has 0 unspecified atom stereocenters. The van der Waals surface area contributed by atoms with Crippen molar-refractivity contribution in [2.75, 3.05) is 56.1 Å². The van der Waals surface area contributed by atoms with Gasteiger partial charge in [0.15, 0.2) is 0 Å². The fourth-order valence-corrected chi connectivity index (χ4v) is 5.81. The predicted molar refractivity (Wildman–Crippen MR) is 159 cm³/mol. The van der Waals surface area contributed by atoms with Gasteiger partial charge in [-0.3, -0.25) is 0 Å². The van der Waals surface area contributed by atoms with Crippen LogP contribution in [0.15, 0.2) is 48.5 Å². The van der Waals surface area contributed by atoms with Crippen molar-refractivity contribution in [1.82, 2.24) is 0 Å². The largest absolute Gasteiger partial charge is 0.462 e. The molecule has 0 heterocycles. The third-order valence-electron chi connectivity index (χ3n) is 5.82. The molecule has 0 saturated heterocycles. The Balaban J connectivity index is 1.33. The van der Waals surface area contributed by atoms with E-state index < -0.39 is 0 Å². The van der Waals surface area contributed by atoms with E-state index in [9.17, 15) is 9.59 Å². The molecule has 1 N–H and O–H groups in total. The smallest absolute Gasteiger partial charge is 0.338 e. The predicted octanol–water partition coefficient (Wildman–Crippen LogP) is 7.31. The summed E-state index contributed by atoms with van der Waals surface area (Å²) in [5, 5.41) is 3.03. The fourth-order valence-electron chi connectivity index (χ4n) is 3.52. The van der Waals surface area contributed by atoms with E-state index in [1.165, 1.54) is 25.7 Å². The van der Waals surface area contributed by atoms with Gasteiger partial charge in [0, 0.05) is 44.0 Å². The van der Waals surface area contributed by atoms with E-state index >= 15 is 0 Å². The molecule has 2 rings (SSSR count). The molecule has 0 saturated carbocycles. The molecule has 0 spiro atoms. The number of nitrogens with zero attached hydrogens (tertiary/aromatic N) is 1. The zero-order valence-electron chi connectivity index (χ0n) is 22.5. The molecule has 0 aliphatic heterocycles. The molecule has 37 heavy (non-hydrogen) atoms. The van der Waals surface area contributed by atoms with Gasteiger partial charge in [0.2, 0.25) is 0 Å².